The van der Waals surface area contributed by atoms with Gasteiger partial charge < -0.3 is 14.8 Å². The Kier molecular flexibility index (Phi) is 8.41. The van der Waals surface area contributed by atoms with Crippen molar-refractivity contribution in [1.29, 1.82) is 0 Å². The minimum absolute atomic E-state index is 0.258. The van der Waals surface area contributed by atoms with Crippen molar-refractivity contribution in [3.63, 3.8) is 0 Å². The molecule has 0 aliphatic rings. The Morgan fingerprint density at radius 3 is 2.80 bits per heavy atom. The topological polar surface area (TPSA) is 61.2 Å². The van der Waals surface area contributed by atoms with Gasteiger partial charge in [-0.25, -0.2) is 9.67 Å². The van der Waals surface area contributed by atoms with E-state index in [0.29, 0.717) is 25.9 Å². The monoisotopic (exact) mass is 284 g/mol. The molecule has 20 heavy (non-hydrogen) atoms. The number of rotatable bonds is 11. The molecule has 0 bridgehead atoms. The zero-order valence-electron chi connectivity index (χ0n) is 13.1. The molecule has 1 rings (SSSR count). The van der Waals surface area contributed by atoms with Crippen molar-refractivity contribution in [2.45, 2.75) is 45.7 Å². The van der Waals surface area contributed by atoms with Crippen molar-refractivity contribution < 1.29 is 9.47 Å². The number of ether oxygens (including phenoxy) is 2. The van der Waals surface area contributed by atoms with Crippen LogP contribution >= 0.6 is 0 Å². The van der Waals surface area contributed by atoms with Gasteiger partial charge >= 0.3 is 0 Å². The zero-order chi connectivity index (χ0) is 14.8. The molecular formula is C14H28N4O2. The third-order valence-electron chi connectivity index (χ3n) is 3.00. The molecule has 0 aliphatic carbocycles. The van der Waals surface area contributed by atoms with E-state index in [1.807, 2.05) is 4.68 Å². The Morgan fingerprint density at radius 1 is 1.35 bits per heavy atom. The van der Waals surface area contributed by atoms with Crippen LogP contribution in [0.3, 0.4) is 0 Å². The molecule has 1 unspecified atom stereocenters. The molecule has 0 saturated heterocycles. The number of hydrogen-bond donors (Lipinski definition) is 1. The standard InChI is InChI=1S/C14H28N4O2/c1-5-6-15-13(10-20-8-7-19-4)9-14-16-11-17-18(14)12(2)3/h11-13,15H,5-10H2,1-4H3. The molecule has 1 atom stereocenters. The van der Waals surface area contributed by atoms with Crippen molar-refractivity contribution in [2.75, 3.05) is 33.5 Å². The van der Waals surface area contributed by atoms with E-state index in [9.17, 15) is 0 Å². The molecule has 116 valence electrons. The van der Waals surface area contributed by atoms with Crippen LogP contribution in [0.25, 0.3) is 0 Å². The van der Waals surface area contributed by atoms with E-state index in [-0.39, 0.29) is 6.04 Å². The molecule has 6 heteroatoms. The predicted molar refractivity (Wildman–Crippen MR) is 78.9 cm³/mol. The maximum atomic E-state index is 5.64. The normalized spacial score (nSPS) is 13.1. The Morgan fingerprint density at radius 2 is 2.15 bits per heavy atom. The summed E-state index contributed by atoms with van der Waals surface area (Å²) in [6.07, 6.45) is 3.55. The van der Waals surface area contributed by atoms with Crippen LogP contribution in [0.5, 0.6) is 0 Å². The Hall–Kier alpha value is -0.980. The highest BCUT2D eigenvalue weighted by Gasteiger charge is 2.15. The average Bonchev–Trinajstić information content (AvgIpc) is 2.88. The lowest BCUT2D eigenvalue weighted by Gasteiger charge is -2.19. The van der Waals surface area contributed by atoms with Crippen LogP contribution in [0.2, 0.25) is 0 Å². The van der Waals surface area contributed by atoms with Gasteiger partial charge in [0, 0.05) is 25.6 Å². The summed E-state index contributed by atoms with van der Waals surface area (Å²) in [5.41, 5.74) is 0. The van der Waals surface area contributed by atoms with Crippen molar-refractivity contribution in [3.8, 4) is 0 Å². The van der Waals surface area contributed by atoms with Gasteiger partial charge in [-0.1, -0.05) is 6.92 Å². The molecular weight excluding hydrogens is 256 g/mol. The van der Waals surface area contributed by atoms with Crippen LogP contribution in [-0.2, 0) is 15.9 Å². The van der Waals surface area contributed by atoms with Gasteiger partial charge in [-0.3, -0.25) is 0 Å². The highest BCUT2D eigenvalue weighted by molar-refractivity contribution is 4.91. The van der Waals surface area contributed by atoms with Gasteiger partial charge in [-0.2, -0.15) is 5.10 Å². The SMILES string of the molecule is CCCNC(COCCOC)Cc1ncnn1C(C)C. The van der Waals surface area contributed by atoms with Crippen LogP contribution in [-0.4, -0.2) is 54.3 Å². The molecule has 1 aromatic rings. The first kappa shape index (κ1) is 17.1. The maximum Gasteiger partial charge on any atom is 0.138 e. The second-order valence-corrected chi connectivity index (χ2v) is 5.14. The molecule has 6 nitrogen and oxygen atoms in total. The van der Waals surface area contributed by atoms with E-state index in [0.717, 1.165) is 25.2 Å². The molecule has 0 aliphatic heterocycles. The first-order valence-electron chi connectivity index (χ1n) is 7.37. The van der Waals surface area contributed by atoms with Crippen molar-refractivity contribution in [3.05, 3.63) is 12.2 Å². The van der Waals surface area contributed by atoms with Crippen LogP contribution in [0, 0.1) is 0 Å². The quantitative estimate of drug-likeness (QED) is 0.623. The lowest BCUT2D eigenvalue weighted by Crippen LogP contribution is -2.37. The largest absolute Gasteiger partial charge is 0.382 e. The zero-order valence-corrected chi connectivity index (χ0v) is 13.1. The Labute approximate surface area is 121 Å². The van der Waals surface area contributed by atoms with Crippen LogP contribution in [0.4, 0.5) is 0 Å². The highest BCUT2D eigenvalue weighted by Crippen LogP contribution is 2.08. The van der Waals surface area contributed by atoms with Crippen molar-refractivity contribution in [2.24, 2.45) is 0 Å². The highest BCUT2D eigenvalue weighted by atomic mass is 16.5. The lowest BCUT2D eigenvalue weighted by molar-refractivity contribution is 0.0583. The molecule has 0 radical (unpaired) electrons. The number of methoxy groups -OCH3 is 1. The summed E-state index contributed by atoms with van der Waals surface area (Å²) in [6.45, 7) is 9.28. The van der Waals surface area contributed by atoms with Gasteiger partial charge in [-0.05, 0) is 26.8 Å². The van der Waals surface area contributed by atoms with Gasteiger partial charge in [-0.15, -0.1) is 0 Å². The summed E-state index contributed by atoms with van der Waals surface area (Å²) in [4.78, 5) is 4.36. The van der Waals surface area contributed by atoms with Gasteiger partial charge in [0.2, 0.25) is 0 Å². The summed E-state index contributed by atoms with van der Waals surface area (Å²) in [5.74, 6) is 1.00. The van der Waals surface area contributed by atoms with Gasteiger partial charge in [0.1, 0.15) is 12.2 Å². The smallest absolute Gasteiger partial charge is 0.138 e. The number of hydrogen-bond acceptors (Lipinski definition) is 5. The van der Waals surface area contributed by atoms with Crippen molar-refractivity contribution >= 4 is 0 Å². The summed E-state index contributed by atoms with van der Waals surface area (Å²) in [6, 6.07) is 0.585. The first-order valence-corrected chi connectivity index (χ1v) is 7.37. The first-order chi connectivity index (χ1) is 9.69. The van der Waals surface area contributed by atoms with E-state index in [1.54, 1.807) is 13.4 Å². The maximum absolute atomic E-state index is 5.64. The lowest BCUT2D eigenvalue weighted by atomic mass is 10.2. The van der Waals surface area contributed by atoms with E-state index in [4.69, 9.17) is 9.47 Å². The average molecular weight is 284 g/mol. The van der Waals surface area contributed by atoms with Crippen LogP contribution < -0.4 is 5.32 Å². The predicted octanol–water partition coefficient (Wildman–Crippen LogP) is 1.43. The molecule has 1 aromatic heterocycles. The second kappa shape index (κ2) is 9.85. The third kappa shape index (κ3) is 5.98. The van der Waals surface area contributed by atoms with E-state index < -0.39 is 0 Å². The molecule has 1 N–H and O–H groups in total. The fourth-order valence-corrected chi connectivity index (χ4v) is 1.98. The van der Waals surface area contributed by atoms with E-state index in [2.05, 4.69) is 36.2 Å². The fraction of sp³-hybridized carbons (Fsp3) is 0.857. The summed E-state index contributed by atoms with van der Waals surface area (Å²) in [7, 11) is 1.68. The Bertz CT molecular complexity index is 355. The molecule has 1 heterocycles. The Balaban J connectivity index is 2.51. The van der Waals surface area contributed by atoms with Gasteiger partial charge in [0.25, 0.3) is 0 Å². The van der Waals surface area contributed by atoms with E-state index in [1.165, 1.54) is 0 Å². The molecule has 0 aromatic carbocycles. The van der Waals surface area contributed by atoms with Crippen LogP contribution in [0.1, 0.15) is 39.1 Å². The summed E-state index contributed by atoms with van der Waals surface area (Å²) < 4.78 is 12.6. The molecule has 0 fully saturated rings. The second-order valence-electron chi connectivity index (χ2n) is 5.14. The van der Waals surface area contributed by atoms with Gasteiger partial charge in [0.15, 0.2) is 0 Å². The third-order valence-corrected chi connectivity index (χ3v) is 3.00. The van der Waals surface area contributed by atoms with E-state index >= 15 is 0 Å². The number of aromatic nitrogens is 3. The number of nitrogens with one attached hydrogen (secondary N) is 1. The minimum atomic E-state index is 0.258. The summed E-state index contributed by atoms with van der Waals surface area (Å²) in [5, 5.41) is 7.78. The molecule has 0 spiro atoms. The number of nitrogens with zero attached hydrogens (tertiary/aromatic N) is 3. The van der Waals surface area contributed by atoms with Crippen LogP contribution in [0.15, 0.2) is 6.33 Å². The molecule has 0 amide bonds. The van der Waals surface area contributed by atoms with Crippen molar-refractivity contribution in [1.82, 2.24) is 20.1 Å². The fourth-order valence-electron chi connectivity index (χ4n) is 1.98. The van der Waals surface area contributed by atoms with Gasteiger partial charge in [0.05, 0.1) is 19.8 Å². The summed E-state index contributed by atoms with van der Waals surface area (Å²) >= 11 is 0. The molecule has 0 saturated carbocycles. The minimum Gasteiger partial charge on any atom is -0.382 e.